The van der Waals surface area contributed by atoms with Crippen LogP contribution < -0.4 is 5.32 Å². The number of fused-ring (bicyclic) bond motifs is 1. The predicted octanol–water partition coefficient (Wildman–Crippen LogP) is 1.45. The molecule has 0 saturated carbocycles. The van der Waals surface area contributed by atoms with Gasteiger partial charge in [0.2, 0.25) is 0 Å². The van der Waals surface area contributed by atoms with Crippen LogP contribution in [0.2, 0.25) is 0 Å². The highest BCUT2D eigenvalue weighted by Crippen LogP contribution is 2.19. The van der Waals surface area contributed by atoms with E-state index < -0.39 is 0 Å². The molecule has 0 spiro atoms. The second-order valence-electron chi connectivity index (χ2n) is 2.26. The lowest BCUT2D eigenvalue weighted by molar-refractivity contribution is 1.11. The summed E-state index contributed by atoms with van der Waals surface area (Å²) in [5.41, 5.74) is 2.69. The molecule has 2 rings (SSSR count). The molecule has 1 nitrogen and oxygen atoms in total. The van der Waals surface area contributed by atoms with Crippen molar-refractivity contribution in [3.8, 4) is 0 Å². The van der Waals surface area contributed by atoms with Crippen molar-refractivity contribution in [2.24, 2.45) is 0 Å². The van der Waals surface area contributed by atoms with Crippen LogP contribution in [-0.2, 0) is 6.42 Å². The third-order valence-electron chi connectivity index (χ3n) is 1.66. The summed E-state index contributed by atoms with van der Waals surface area (Å²) in [6.45, 7) is 1.09. The lowest BCUT2D eigenvalue weighted by Gasteiger charge is -1.94. The van der Waals surface area contributed by atoms with Gasteiger partial charge >= 0.3 is 0 Å². The molecule has 0 aliphatic carbocycles. The molecule has 1 N–H and O–H groups in total. The van der Waals surface area contributed by atoms with E-state index in [0.717, 1.165) is 6.54 Å². The zero-order chi connectivity index (χ0) is 6.10. The molecule has 1 radical (unpaired) electrons. The summed E-state index contributed by atoms with van der Waals surface area (Å²) >= 11 is 0. The average molecular weight is 118 g/mol. The van der Waals surface area contributed by atoms with Crippen LogP contribution in [-0.4, -0.2) is 6.54 Å². The van der Waals surface area contributed by atoms with Gasteiger partial charge in [0, 0.05) is 12.2 Å². The Morgan fingerprint density at radius 1 is 1.56 bits per heavy atom. The van der Waals surface area contributed by atoms with E-state index >= 15 is 0 Å². The summed E-state index contributed by atoms with van der Waals surface area (Å²) in [4.78, 5) is 0. The smallest absolute Gasteiger partial charge is 0.0379 e. The van der Waals surface area contributed by atoms with Crippen molar-refractivity contribution < 1.29 is 0 Å². The van der Waals surface area contributed by atoms with Crippen LogP contribution in [0.1, 0.15) is 5.56 Å². The number of anilines is 1. The predicted molar refractivity (Wildman–Crippen MR) is 37.5 cm³/mol. The van der Waals surface area contributed by atoms with Gasteiger partial charge < -0.3 is 5.32 Å². The molecule has 45 valence electrons. The molecule has 1 heterocycles. The quantitative estimate of drug-likeness (QED) is 0.543. The number of hydrogen-bond acceptors (Lipinski definition) is 1. The minimum absolute atomic E-state index is 1.09. The SMILES string of the molecule is [c]1ccc2c(c1)NCC2. The van der Waals surface area contributed by atoms with Gasteiger partial charge in [-0.15, -0.1) is 0 Å². The van der Waals surface area contributed by atoms with Crippen molar-refractivity contribution in [1.29, 1.82) is 0 Å². The molecule has 1 aromatic rings. The van der Waals surface area contributed by atoms with Gasteiger partial charge in [-0.05, 0) is 24.1 Å². The standard InChI is InChI=1S/C8H8N/c1-2-4-8-7(3-1)5-6-9-8/h1,3-4,9H,5-6H2. The van der Waals surface area contributed by atoms with E-state index in [-0.39, 0.29) is 0 Å². The van der Waals surface area contributed by atoms with Gasteiger partial charge in [-0.3, -0.25) is 0 Å². The normalized spacial score (nSPS) is 14.7. The van der Waals surface area contributed by atoms with E-state index in [0.29, 0.717) is 0 Å². The van der Waals surface area contributed by atoms with Gasteiger partial charge in [-0.2, -0.15) is 0 Å². The molecule has 1 aliphatic rings. The van der Waals surface area contributed by atoms with Gasteiger partial charge in [-0.25, -0.2) is 0 Å². The molecule has 0 atom stereocenters. The summed E-state index contributed by atoms with van der Waals surface area (Å²) < 4.78 is 0. The van der Waals surface area contributed by atoms with E-state index in [2.05, 4.69) is 17.4 Å². The molecule has 1 aliphatic heterocycles. The van der Waals surface area contributed by atoms with Crippen LogP contribution in [0.3, 0.4) is 0 Å². The summed E-state index contributed by atoms with van der Waals surface area (Å²) in [5, 5.41) is 3.27. The van der Waals surface area contributed by atoms with E-state index in [4.69, 9.17) is 0 Å². The lowest BCUT2D eigenvalue weighted by atomic mass is 10.2. The lowest BCUT2D eigenvalue weighted by Crippen LogP contribution is -1.90. The molecule has 0 fully saturated rings. The van der Waals surface area contributed by atoms with Crippen molar-refractivity contribution in [3.05, 3.63) is 29.8 Å². The number of nitrogens with one attached hydrogen (secondary N) is 1. The Balaban J connectivity index is 2.54. The van der Waals surface area contributed by atoms with Crippen molar-refractivity contribution in [2.45, 2.75) is 6.42 Å². The number of rotatable bonds is 0. The fourth-order valence-electron chi connectivity index (χ4n) is 1.18. The Kier molecular flexibility index (Phi) is 0.950. The monoisotopic (exact) mass is 118 g/mol. The van der Waals surface area contributed by atoms with Crippen LogP contribution in [0.25, 0.3) is 0 Å². The maximum Gasteiger partial charge on any atom is 0.0379 e. The van der Waals surface area contributed by atoms with E-state index in [1.54, 1.807) is 0 Å². The van der Waals surface area contributed by atoms with Crippen LogP contribution in [0.5, 0.6) is 0 Å². The summed E-state index contributed by atoms with van der Waals surface area (Å²) in [5.74, 6) is 0. The maximum atomic E-state index is 3.27. The van der Waals surface area contributed by atoms with E-state index in [1.807, 2.05) is 12.1 Å². The fraction of sp³-hybridized carbons (Fsp3) is 0.250. The number of hydrogen-bond donors (Lipinski definition) is 1. The van der Waals surface area contributed by atoms with Crippen molar-refractivity contribution in [3.63, 3.8) is 0 Å². The highest BCUT2D eigenvalue weighted by atomic mass is 14.9. The molecule has 1 aromatic carbocycles. The first-order valence-corrected chi connectivity index (χ1v) is 3.20. The van der Waals surface area contributed by atoms with Gasteiger partial charge in [-0.1, -0.05) is 12.1 Å². The molecule has 1 heteroatoms. The zero-order valence-electron chi connectivity index (χ0n) is 5.15. The Labute approximate surface area is 54.7 Å². The van der Waals surface area contributed by atoms with Gasteiger partial charge in [0.25, 0.3) is 0 Å². The first kappa shape index (κ1) is 4.86. The van der Waals surface area contributed by atoms with Crippen molar-refractivity contribution in [2.75, 3.05) is 11.9 Å². The first-order chi connectivity index (χ1) is 4.47. The third kappa shape index (κ3) is 0.689. The van der Waals surface area contributed by atoms with Crippen molar-refractivity contribution in [1.82, 2.24) is 0 Å². The highest BCUT2D eigenvalue weighted by Gasteiger charge is 2.06. The largest absolute Gasteiger partial charge is 0.384 e. The highest BCUT2D eigenvalue weighted by molar-refractivity contribution is 5.54. The molecular formula is C8H8N. The van der Waals surface area contributed by atoms with Crippen LogP contribution in [0.4, 0.5) is 5.69 Å². The second-order valence-corrected chi connectivity index (χ2v) is 2.26. The molecular weight excluding hydrogens is 110 g/mol. The van der Waals surface area contributed by atoms with Gasteiger partial charge in [0.1, 0.15) is 0 Å². The zero-order valence-corrected chi connectivity index (χ0v) is 5.15. The molecule has 0 bridgehead atoms. The van der Waals surface area contributed by atoms with Crippen LogP contribution in [0.15, 0.2) is 18.2 Å². The molecule has 0 amide bonds. The molecule has 0 unspecified atom stereocenters. The van der Waals surface area contributed by atoms with Gasteiger partial charge in [0.15, 0.2) is 0 Å². The summed E-state index contributed by atoms with van der Waals surface area (Å²) in [6, 6.07) is 9.12. The second kappa shape index (κ2) is 1.76. The van der Waals surface area contributed by atoms with E-state index in [9.17, 15) is 0 Å². The summed E-state index contributed by atoms with van der Waals surface area (Å²) in [7, 11) is 0. The fourth-order valence-corrected chi connectivity index (χ4v) is 1.18. The molecule has 0 aromatic heterocycles. The molecule has 9 heavy (non-hydrogen) atoms. The van der Waals surface area contributed by atoms with Gasteiger partial charge in [0.05, 0.1) is 0 Å². The Bertz CT molecular complexity index is 195. The topological polar surface area (TPSA) is 12.0 Å². The number of benzene rings is 1. The van der Waals surface area contributed by atoms with Crippen molar-refractivity contribution >= 4 is 5.69 Å². The molecule has 0 saturated heterocycles. The Hall–Kier alpha value is -0.980. The Morgan fingerprint density at radius 3 is 3.44 bits per heavy atom. The van der Waals surface area contributed by atoms with Crippen LogP contribution in [0, 0.1) is 6.07 Å². The average Bonchev–Trinajstić information content (AvgIpc) is 2.33. The third-order valence-corrected chi connectivity index (χ3v) is 1.66. The van der Waals surface area contributed by atoms with E-state index in [1.165, 1.54) is 17.7 Å². The minimum atomic E-state index is 1.09. The summed E-state index contributed by atoms with van der Waals surface area (Å²) in [6.07, 6.45) is 1.17. The van der Waals surface area contributed by atoms with Crippen LogP contribution >= 0.6 is 0 Å². The maximum absolute atomic E-state index is 3.27. The Morgan fingerprint density at radius 2 is 2.56 bits per heavy atom. The first-order valence-electron chi connectivity index (χ1n) is 3.20. The minimum Gasteiger partial charge on any atom is -0.384 e.